The second-order valence-electron chi connectivity index (χ2n) is 5.09. The van der Waals surface area contributed by atoms with Crippen molar-refractivity contribution in [1.82, 2.24) is 5.32 Å². The van der Waals surface area contributed by atoms with E-state index in [-0.39, 0.29) is 0 Å². The molecule has 6 nitrogen and oxygen atoms in total. The maximum Gasteiger partial charge on any atom is 0.195 e. The molecule has 0 amide bonds. The molecule has 2 rings (SSSR count). The van der Waals surface area contributed by atoms with Crippen LogP contribution < -0.4 is 24.8 Å². The fourth-order valence-electron chi connectivity index (χ4n) is 2.24. The molecule has 0 aliphatic rings. The molecule has 7 heteroatoms. The van der Waals surface area contributed by atoms with Gasteiger partial charge in [0.15, 0.2) is 17.5 Å². The number of methoxy groups -OCH3 is 3. The van der Waals surface area contributed by atoms with E-state index in [0.717, 1.165) is 21.5 Å². The zero-order valence-corrected chi connectivity index (χ0v) is 16.3. The Morgan fingerprint density at radius 2 is 1.64 bits per heavy atom. The Kier molecular flexibility index (Phi) is 6.94. The first-order valence-electron chi connectivity index (χ1n) is 7.63. The highest BCUT2D eigenvalue weighted by Gasteiger charge is 2.07. The Bertz CT molecular complexity index is 750. The molecular weight excluding hydrogens is 386 g/mol. The van der Waals surface area contributed by atoms with Crippen LogP contribution in [0.25, 0.3) is 0 Å². The van der Waals surface area contributed by atoms with E-state index in [1.54, 1.807) is 28.4 Å². The van der Waals surface area contributed by atoms with Crippen molar-refractivity contribution in [1.29, 1.82) is 0 Å². The average molecular weight is 408 g/mol. The second-order valence-corrected chi connectivity index (χ2v) is 5.94. The third kappa shape index (κ3) is 5.03. The first kappa shape index (κ1) is 18.9. The van der Waals surface area contributed by atoms with Crippen LogP contribution in [0.5, 0.6) is 17.2 Å². The molecule has 0 radical (unpaired) electrons. The Morgan fingerprint density at radius 3 is 2.24 bits per heavy atom. The number of benzene rings is 2. The van der Waals surface area contributed by atoms with Gasteiger partial charge in [0.2, 0.25) is 0 Å². The van der Waals surface area contributed by atoms with E-state index in [4.69, 9.17) is 14.2 Å². The number of hydrogen-bond donors (Lipinski definition) is 2. The fourth-order valence-corrected chi connectivity index (χ4v) is 2.82. The van der Waals surface area contributed by atoms with Crippen LogP contribution in [0.15, 0.2) is 45.9 Å². The van der Waals surface area contributed by atoms with Gasteiger partial charge in [-0.15, -0.1) is 0 Å². The highest BCUT2D eigenvalue weighted by Crippen LogP contribution is 2.29. The molecular formula is C18H22BrN3O3. The summed E-state index contributed by atoms with van der Waals surface area (Å²) in [6.07, 6.45) is 0. The minimum atomic E-state index is 0.621. The molecule has 0 heterocycles. The number of nitrogens with zero attached hydrogens (tertiary/aromatic N) is 1. The summed E-state index contributed by atoms with van der Waals surface area (Å²) in [6, 6.07) is 11.5. The summed E-state index contributed by atoms with van der Waals surface area (Å²) >= 11 is 3.49. The summed E-state index contributed by atoms with van der Waals surface area (Å²) in [5.74, 6) is 2.79. The molecule has 0 fully saturated rings. The van der Waals surface area contributed by atoms with Crippen molar-refractivity contribution in [3.63, 3.8) is 0 Å². The van der Waals surface area contributed by atoms with Crippen molar-refractivity contribution in [3.8, 4) is 17.2 Å². The van der Waals surface area contributed by atoms with E-state index in [9.17, 15) is 0 Å². The quantitative estimate of drug-likeness (QED) is 0.564. The van der Waals surface area contributed by atoms with E-state index in [2.05, 4.69) is 31.6 Å². The van der Waals surface area contributed by atoms with Crippen LogP contribution in [0.4, 0.5) is 5.69 Å². The van der Waals surface area contributed by atoms with Crippen molar-refractivity contribution in [2.45, 2.75) is 6.54 Å². The monoisotopic (exact) mass is 407 g/mol. The van der Waals surface area contributed by atoms with Crippen LogP contribution in [-0.2, 0) is 6.54 Å². The van der Waals surface area contributed by atoms with E-state index < -0.39 is 0 Å². The van der Waals surface area contributed by atoms with Crippen molar-refractivity contribution in [3.05, 3.63) is 46.4 Å². The third-order valence-corrected chi connectivity index (χ3v) is 4.17. The van der Waals surface area contributed by atoms with Gasteiger partial charge in [-0.25, -0.2) is 0 Å². The normalized spacial score (nSPS) is 11.0. The molecule has 0 atom stereocenters. The number of guanidine groups is 1. The molecule has 0 bridgehead atoms. The lowest BCUT2D eigenvalue weighted by Gasteiger charge is -2.14. The molecule has 0 saturated carbocycles. The highest BCUT2D eigenvalue weighted by molar-refractivity contribution is 9.10. The Morgan fingerprint density at radius 1 is 0.960 bits per heavy atom. The molecule has 0 aliphatic heterocycles. The van der Waals surface area contributed by atoms with E-state index in [0.29, 0.717) is 24.0 Å². The number of aliphatic imine (C=N–C) groups is 1. The minimum Gasteiger partial charge on any atom is -0.496 e. The molecule has 134 valence electrons. The largest absolute Gasteiger partial charge is 0.496 e. The van der Waals surface area contributed by atoms with E-state index in [1.165, 1.54) is 0 Å². The Balaban J connectivity index is 2.02. The number of hydrogen-bond acceptors (Lipinski definition) is 4. The van der Waals surface area contributed by atoms with Crippen LogP contribution in [0.3, 0.4) is 0 Å². The lowest BCUT2D eigenvalue weighted by Crippen LogP contribution is -2.30. The van der Waals surface area contributed by atoms with Gasteiger partial charge in [-0.3, -0.25) is 4.99 Å². The SMILES string of the molecule is CN=C(NCc1ccc(OC)c(Br)c1)Nc1ccc(OC)c(OC)c1. The molecule has 0 spiro atoms. The van der Waals surface area contributed by atoms with Crippen LogP contribution >= 0.6 is 15.9 Å². The molecule has 2 aromatic rings. The smallest absolute Gasteiger partial charge is 0.195 e. The summed E-state index contributed by atoms with van der Waals surface area (Å²) in [5.41, 5.74) is 1.95. The van der Waals surface area contributed by atoms with Gasteiger partial charge in [0, 0.05) is 25.3 Å². The van der Waals surface area contributed by atoms with Crippen molar-refractivity contribution in [2.75, 3.05) is 33.7 Å². The predicted molar refractivity (Wildman–Crippen MR) is 104 cm³/mol. The summed E-state index contributed by atoms with van der Waals surface area (Å²) in [6.45, 7) is 0.621. The standard InChI is InChI=1S/C18H22BrN3O3/c1-20-18(21-11-12-5-7-15(23-2)14(19)9-12)22-13-6-8-16(24-3)17(10-13)25-4/h5-10H,11H2,1-4H3,(H2,20,21,22). The van der Waals surface area contributed by atoms with Gasteiger partial charge in [-0.1, -0.05) is 6.07 Å². The number of halogens is 1. The molecule has 2 N–H and O–H groups in total. The summed E-state index contributed by atoms with van der Waals surface area (Å²) in [7, 11) is 6.58. The van der Waals surface area contributed by atoms with Crippen LogP contribution in [-0.4, -0.2) is 34.3 Å². The summed E-state index contributed by atoms with van der Waals surface area (Å²) in [5, 5.41) is 6.50. The van der Waals surface area contributed by atoms with Crippen LogP contribution in [0.2, 0.25) is 0 Å². The highest BCUT2D eigenvalue weighted by atomic mass is 79.9. The number of nitrogens with one attached hydrogen (secondary N) is 2. The third-order valence-electron chi connectivity index (χ3n) is 3.55. The number of anilines is 1. The van der Waals surface area contributed by atoms with Crippen molar-refractivity contribution >= 4 is 27.6 Å². The minimum absolute atomic E-state index is 0.621. The van der Waals surface area contributed by atoms with Gasteiger partial charge < -0.3 is 24.8 Å². The Hall–Kier alpha value is -2.41. The van der Waals surface area contributed by atoms with Gasteiger partial charge >= 0.3 is 0 Å². The lowest BCUT2D eigenvalue weighted by atomic mass is 10.2. The molecule has 0 unspecified atom stereocenters. The molecule has 0 aromatic heterocycles. The molecule has 0 aliphatic carbocycles. The zero-order chi connectivity index (χ0) is 18.2. The predicted octanol–water partition coefficient (Wildman–Crippen LogP) is 3.66. The molecule has 2 aromatic carbocycles. The van der Waals surface area contributed by atoms with E-state index >= 15 is 0 Å². The first-order chi connectivity index (χ1) is 12.1. The topological polar surface area (TPSA) is 64.1 Å². The first-order valence-corrected chi connectivity index (χ1v) is 8.42. The Labute approximate surface area is 156 Å². The van der Waals surface area contributed by atoms with Gasteiger partial charge in [-0.2, -0.15) is 0 Å². The van der Waals surface area contributed by atoms with Crippen LogP contribution in [0, 0.1) is 0 Å². The summed E-state index contributed by atoms with van der Waals surface area (Å²) < 4.78 is 16.7. The summed E-state index contributed by atoms with van der Waals surface area (Å²) in [4.78, 5) is 4.24. The van der Waals surface area contributed by atoms with Crippen molar-refractivity contribution in [2.24, 2.45) is 4.99 Å². The fraction of sp³-hybridized carbons (Fsp3) is 0.278. The van der Waals surface area contributed by atoms with Crippen LogP contribution in [0.1, 0.15) is 5.56 Å². The molecule has 0 saturated heterocycles. The van der Waals surface area contributed by atoms with Gasteiger partial charge in [0.25, 0.3) is 0 Å². The number of rotatable bonds is 6. The van der Waals surface area contributed by atoms with Crippen molar-refractivity contribution < 1.29 is 14.2 Å². The van der Waals surface area contributed by atoms with Gasteiger partial charge in [0.05, 0.1) is 25.8 Å². The maximum atomic E-state index is 5.31. The van der Waals surface area contributed by atoms with Gasteiger partial charge in [0.1, 0.15) is 5.75 Å². The van der Waals surface area contributed by atoms with E-state index in [1.807, 2.05) is 36.4 Å². The van der Waals surface area contributed by atoms with Gasteiger partial charge in [-0.05, 0) is 45.8 Å². The maximum absolute atomic E-state index is 5.31. The average Bonchev–Trinajstić information content (AvgIpc) is 2.64. The second kappa shape index (κ2) is 9.17. The molecule has 25 heavy (non-hydrogen) atoms. The number of ether oxygens (including phenoxy) is 3. The zero-order valence-electron chi connectivity index (χ0n) is 14.7. The lowest BCUT2D eigenvalue weighted by molar-refractivity contribution is 0.355.